The molecule has 0 saturated carbocycles. The minimum Gasteiger partial charge on any atom is -0.355 e. The number of benzene rings is 1. The van der Waals surface area contributed by atoms with Crippen LogP contribution in [0.5, 0.6) is 0 Å². The molecule has 0 aliphatic carbocycles. The summed E-state index contributed by atoms with van der Waals surface area (Å²) in [5.74, 6) is 0.286. The lowest BCUT2D eigenvalue weighted by atomic mass is 9.97. The molecule has 1 fully saturated rings. The molecule has 1 saturated heterocycles. The largest absolute Gasteiger partial charge is 0.355 e. The van der Waals surface area contributed by atoms with Gasteiger partial charge in [0, 0.05) is 32.1 Å². The second-order valence-electron chi connectivity index (χ2n) is 6.80. The zero-order chi connectivity index (χ0) is 18.4. The summed E-state index contributed by atoms with van der Waals surface area (Å²) < 4.78 is 27.0. The topological polar surface area (TPSA) is 78.5 Å². The van der Waals surface area contributed by atoms with Crippen LogP contribution in [-0.4, -0.2) is 51.9 Å². The van der Waals surface area contributed by atoms with Crippen LogP contribution in [0.3, 0.4) is 0 Å². The summed E-state index contributed by atoms with van der Waals surface area (Å²) in [5.41, 5.74) is 1.12. The molecule has 6 nitrogen and oxygen atoms in total. The lowest BCUT2D eigenvalue weighted by molar-refractivity contribution is -0.126. The van der Waals surface area contributed by atoms with E-state index in [1.54, 1.807) is 12.1 Å². The smallest absolute Gasteiger partial charge is 0.243 e. The number of carbonyl (C=O) groups is 1. The van der Waals surface area contributed by atoms with Gasteiger partial charge in [0.15, 0.2) is 0 Å². The third kappa shape index (κ3) is 5.67. The number of nitrogens with one attached hydrogen (secondary N) is 2. The first-order valence-electron chi connectivity index (χ1n) is 8.88. The number of hydrogen-bond donors (Lipinski definition) is 2. The highest BCUT2D eigenvalue weighted by Crippen LogP contribution is 2.25. The van der Waals surface area contributed by atoms with Crippen LogP contribution in [0.15, 0.2) is 29.2 Å². The minimum atomic E-state index is -3.48. The Labute approximate surface area is 163 Å². The van der Waals surface area contributed by atoms with Gasteiger partial charge in [-0.25, -0.2) is 8.42 Å². The molecule has 1 aromatic rings. The molecular weight excluding hydrogens is 374 g/mol. The third-order valence-corrected chi connectivity index (χ3v) is 6.60. The van der Waals surface area contributed by atoms with Gasteiger partial charge < -0.3 is 10.6 Å². The van der Waals surface area contributed by atoms with Crippen molar-refractivity contribution in [1.29, 1.82) is 0 Å². The van der Waals surface area contributed by atoms with Crippen molar-refractivity contribution < 1.29 is 13.2 Å². The number of hydrogen-bond acceptors (Lipinski definition) is 4. The average molecular weight is 404 g/mol. The molecular formula is C18H30ClN3O3S. The average Bonchev–Trinajstić information content (AvgIpc) is 2.62. The van der Waals surface area contributed by atoms with Gasteiger partial charge >= 0.3 is 0 Å². The van der Waals surface area contributed by atoms with Crippen LogP contribution in [0.25, 0.3) is 0 Å². The maximum atomic E-state index is 12.8. The van der Waals surface area contributed by atoms with Gasteiger partial charge in [0.2, 0.25) is 15.9 Å². The lowest BCUT2D eigenvalue weighted by Gasteiger charge is -2.30. The van der Waals surface area contributed by atoms with E-state index in [4.69, 9.17) is 0 Å². The van der Waals surface area contributed by atoms with Gasteiger partial charge in [0.25, 0.3) is 0 Å². The van der Waals surface area contributed by atoms with E-state index in [1.165, 1.54) is 4.31 Å². The van der Waals surface area contributed by atoms with Crippen molar-refractivity contribution in [3.05, 3.63) is 29.8 Å². The molecule has 2 rings (SSSR count). The zero-order valence-electron chi connectivity index (χ0n) is 15.7. The first kappa shape index (κ1) is 22.9. The van der Waals surface area contributed by atoms with Crippen molar-refractivity contribution in [2.45, 2.75) is 37.5 Å². The van der Waals surface area contributed by atoms with Crippen LogP contribution in [0, 0.1) is 5.92 Å². The molecule has 148 valence electrons. The highest BCUT2D eigenvalue weighted by atomic mass is 35.5. The molecule has 2 N–H and O–H groups in total. The summed E-state index contributed by atoms with van der Waals surface area (Å²) in [7, 11) is -1.65. The molecule has 0 aromatic heterocycles. The second kappa shape index (κ2) is 10.3. The number of amides is 1. The summed E-state index contributed by atoms with van der Waals surface area (Å²) in [6.45, 7) is 6.25. The van der Waals surface area contributed by atoms with Crippen molar-refractivity contribution in [1.82, 2.24) is 14.9 Å². The number of piperidine rings is 1. The molecule has 0 atom stereocenters. The fraction of sp³-hybridized carbons (Fsp3) is 0.611. The minimum absolute atomic E-state index is 0. The van der Waals surface area contributed by atoms with E-state index in [0.29, 0.717) is 43.3 Å². The zero-order valence-corrected chi connectivity index (χ0v) is 17.3. The second-order valence-corrected chi connectivity index (χ2v) is 8.73. The molecule has 1 aliphatic heterocycles. The van der Waals surface area contributed by atoms with Crippen LogP contribution < -0.4 is 10.6 Å². The summed E-state index contributed by atoms with van der Waals surface area (Å²) in [4.78, 5) is 12.4. The van der Waals surface area contributed by atoms with Crippen LogP contribution in [0.1, 0.15) is 38.2 Å². The van der Waals surface area contributed by atoms with Crippen molar-refractivity contribution in [2.24, 2.45) is 5.92 Å². The van der Waals surface area contributed by atoms with Gasteiger partial charge in [-0.15, -0.1) is 12.4 Å². The third-order valence-electron chi connectivity index (χ3n) is 4.68. The lowest BCUT2D eigenvalue weighted by Crippen LogP contribution is -2.43. The Morgan fingerprint density at radius 3 is 2.23 bits per heavy atom. The summed E-state index contributed by atoms with van der Waals surface area (Å²) >= 11 is 0. The van der Waals surface area contributed by atoms with Gasteiger partial charge in [-0.2, -0.15) is 4.31 Å². The van der Waals surface area contributed by atoms with Gasteiger partial charge in [0.1, 0.15) is 0 Å². The van der Waals surface area contributed by atoms with Crippen LogP contribution in [0.2, 0.25) is 0 Å². The van der Waals surface area contributed by atoms with E-state index < -0.39 is 10.0 Å². The SMILES string of the molecule is CNCCNC(=O)C1CCN(S(=O)(=O)c2ccc(C(C)C)cc2)CC1.Cl. The van der Waals surface area contributed by atoms with Gasteiger partial charge in [0.05, 0.1) is 4.90 Å². The summed E-state index contributed by atoms with van der Waals surface area (Å²) in [5, 5.41) is 5.87. The van der Waals surface area contributed by atoms with Crippen LogP contribution in [0.4, 0.5) is 0 Å². The van der Waals surface area contributed by atoms with Gasteiger partial charge in [-0.1, -0.05) is 26.0 Å². The molecule has 0 bridgehead atoms. The Balaban J connectivity index is 0.00000338. The first-order chi connectivity index (χ1) is 11.9. The van der Waals surface area contributed by atoms with E-state index in [-0.39, 0.29) is 24.2 Å². The number of rotatable bonds is 7. The number of sulfonamides is 1. The van der Waals surface area contributed by atoms with E-state index >= 15 is 0 Å². The van der Waals surface area contributed by atoms with Gasteiger partial charge in [-0.3, -0.25) is 4.79 Å². The quantitative estimate of drug-likeness (QED) is 0.682. The highest BCUT2D eigenvalue weighted by molar-refractivity contribution is 7.89. The monoisotopic (exact) mass is 403 g/mol. The fourth-order valence-electron chi connectivity index (χ4n) is 2.99. The molecule has 0 spiro atoms. The molecule has 1 aliphatic rings. The van der Waals surface area contributed by atoms with E-state index in [2.05, 4.69) is 24.5 Å². The highest BCUT2D eigenvalue weighted by Gasteiger charge is 2.31. The number of nitrogens with zero attached hydrogens (tertiary/aromatic N) is 1. The Hall–Kier alpha value is -1.15. The van der Waals surface area contributed by atoms with E-state index in [0.717, 1.165) is 12.1 Å². The fourth-order valence-corrected chi connectivity index (χ4v) is 4.46. The summed E-state index contributed by atoms with van der Waals surface area (Å²) in [6, 6.07) is 7.11. The number of carbonyl (C=O) groups excluding carboxylic acids is 1. The Kier molecular flexibility index (Phi) is 9.03. The van der Waals surface area contributed by atoms with Crippen molar-refractivity contribution >= 4 is 28.3 Å². The standard InChI is InChI=1S/C18H29N3O3S.ClH/c1-14(2)15-4-6-17(7-5-15)25(23,24)21-12-8-16(9-13-21)18(22)20-11-10-19-3;/h4-7,14,16,19H,8-13H2,1-3H3,(H,20,22);1H. The molecule has 1 heterocycles. The van der Waals surface area contributed by atoms with Gasteiger partial charge in [-0.05, 0) is 43.5 Å². The maximum Gasteiger partial charge on any atom is 0.243 e. The first-order valence-corrected chi connectivity index (χ1v) is 10.3. The predicted octanol–water partition coefficient (Wildman–Crippen LogP) is 1.97. The van der Waals surface area contributed by atoms with Crippen LogP contribution >= 0.6 is 12.4 Å². The number of likely N-dealkylation sites (N-methyl/N-ethyl adjacent to an activating group) is 1. The van der Waals surface area contributed by atoms with Crippen LogP contribution in [-0.2, 0) is 14.8 Å². The Morgan fingerprint density at radius 2 is 1.73 bits per heavy atom. The van der Waals surface area contributed by atoms with Crippen molar-refractivity contribution in [3.63, 3.8) is 0 Å². The molecule has 8 heteroatoms. The normalized spacial score (nSPS) is 16.3. The molecule has 26 heavy (non-hydrogen) atoms. The molecule has 1 amide bonds. The number of halogens is 1. The predicted molar refractivity (Wildman–Crippen MR) is 106 cm³/mol. The molecule has 0 unspecified atom stereocenters. The maximum absolute atomic E-state index is 12.8. The van der Waals surface area contributed by atoms with E-state index in [9.17, 15) is 13.2 Å². The van der Waals surface area contributed by atoms with Crippen molar-refractivity contribution in [3.8, 4) is 0 Å². The van der Waals surface area contributed by atoms with Crippen molar-refractivity contribution in [2.75, 3.05) is 33.2 Å². The van der Waals surface area contributed by atoms with E-state index in [1.807, 2.05) is 19.2 Å². The Morgan fingerprint density at radius 1 is 1.15 bits per heavy atom. The Bertz CT molecular complexity index is 669. The molecule has 1 aromatic carbocycles. The molecule has 0 radical (unpaired) electrons. The summed E-state index contributed by atoms with van der Waals surface area (Å²) in [6.07, 6.45) is 1.13.